The quantitative estimate of drug-likeness (QED) is 0.576. The number of carbonyl (C=O) groups is 2. The molecule has 2 aliphatic heterocycles. The summed E-state index contributed by atoms with van der Waals surface area (Å²) in [4.78, 5) is 27.8. The van der Waals surface area contributed by atoms with Crippen molar-refractivity contribution in [2.75, 3.05) is 18.4 Å². The molecule has 7 heteroatoms. The minimum atomic E-state index is -0.933. The summed E-state index contributed by atoms with van der Waals surface area (Å²) in [5.74, 6) is -2.46. The molecule has 174 valence electrons. The Morgan fingerprint density at radius 2 is 1.76 bits per heavy atom. The van der Waals surface area contributed by atoms with Gasteiger partial charge in [-0.1, -0.05) is 36.4 Å². The van der Waals surface area contributed by atoms with Gasteiger partial charge >= 0.3 is 0 Å². The molecule has 0 bridgehead atoms. The zero-order valence-electron chi connectivity index (χ0n) is 18.6. The number of anilines is 2. The third kappa shape index (κ3) is 4.14. The number of halogens is 2. The van der Waals surface area contributed by atoms with Crippen LogP contribution in [-0.2, 0) is 4.79 Å². The van der Waals surface area contributed by atoms with E-state index in [1.54, 1.807) is 17.0 Å². The van der Waals surface area contributed by atoms with E-state index in [2.05, 4.69) is 10.6 Å². The van der Waals surface area contributed by atoms with Gasteiger partial charge in [-0.25, -0.2) is 8.78 Å². The number of benzene rings is 3. The van der Waals surface area contributed by atoms with Crippen LogP contribution in [-0.4, -0.2) is 35.3 Å². The molecule has 2 saturated heterocycles. The summed E-state index contributed by atoms with van der Waals surface area (Å²) in [6.45, 7) is 0.602. The summed E-state index contributed by atoms with van der Waals surface area (Å²) in [5, 5.41) is 6.40. The Kier molecular flexibility index (Phi) is 5.77. The van der Waals surface area contributed by atoms with E-state index in [0.29, 0.717) is 49.2 Å². The standard InChI is InChI=1S/C27H25F2N3O2/c28-22-13-12-18(15-23(22)29)21-16-32(17-27(21)14-6-11-25(33)31-27)26(34)20-9-4-5-10-24(20)30-19-7-2-1-3-8-19/h1-5,7-10,12-13,15,21,30H,6,11,14,16-17H2,(H,31,33)/t21-,27+/m0/s1. The first-order valence-electron chi connectivity index (χ1n) is 11.4. The van der Waals surface area contributed by atoms with Crippen molar-refractivity contribution in [3.63, 3.8) is 0 Å². The summed E-state index contributed by atoms with van der Waals surface area (Å²) in [6.07, 6.45) is 1.76. The van der Waals surface area contributed by atoms with Crippen molar-refractivity contribution in [2.45, 2.75) is 30.7 Å². The highest BCUT2D eigenvalue weighted by atomic mass is 19.2. The van der Waals surface area contributed by atoms with Crippen molar-refractivity contribution in [1.82, 2.24) is 10.2 Å². The van der Waals surface area contributed by atoms with Crippen molar-refractivity contribution in [2.24, 2.45) is 0 Å². The summed E-state index contributed by atoms with van der Waals surface area (Å²) in [7, 11) is 0. The number of likely N-dealkylation sites (tertiary alicyclic amines) is 1. The Bertz CT molecular complexity index is 1230. The first kappa shape index (κ1) is 22.1. The van der Waals surface area contributed by atoms with E-state index in [1.807, 2.05) is 48.5 Å². The van der Waals surface area contributed by atoms with Gasteiger partial charge in [0, 0.05) is 31.1 Å². The molecule has 1 spiro atoms. The normalized spacial score (nSPS) is 22.0. The smallest absolute Gasteiger partial charge is 0.256 e. The van der Waals surface area contributed by atoms with E-state index in [9.17, 15) is 18.4 Å². The highest BCUT2D eigenvalue weighted by molar-refractivity contribution is 6.00. The molecule has 5 nitrogen and oxygen atoms in total. The Morgan fingerprint density at radius 3 is 2.53 bits per heavy atom. The predicted molar refractivity (Wildman–Crippen MR) is 126 cm³/mol. The Balaban J connectivity index is 1.47. The molecule has 0 saturated carbocycles. The summed E-state index contributed by atoms with van der Waals surface area (Å²) >= 11 is 0. The second-order valence-electron chi connectivity index (χ2n) is 9.01. The fraction of sp³-hybridized carbons (Fsp3) is 0.259. The number of rotatable bonds is 4. The zero-order valence-corrected chi connectivity index (χ0v) is 18.6. The van der Waals surface area contributed by atoms with Gasteiger partial charge in [0.25, 0.3) is 5.91 Å². The number of nitrogens with zero attached hydrogens (tertiary/aromatic N) is 1. The molecular formula is C27H25F2N3O2. The van der Waals surface area contributed by atoms with Gasteiger partial charge in [0.05, 0.1) is 16.8 Å². The molecule has 3 aromatic rings. The lowest BCUT2D eigenvalue weighted by Crippen LogP contribution is -2.56. The second kappa shape index (κ2) is 8.89. The monoisotopic (exact) mass is 461 g/mol. The van der Waals surface area contributed by atoms with Gasteiger partial charge in [-0.05, 0) is 54.8 Å². The van der Waals surface area contributed by atoms with Crippen LogP contribution in [0.25, 0.3) is 0 Å². The van der Waals surface area contributed by atoms with E-state index in [-0.39, 0.29) is 17.7 Å². The van der Waals surface area contributed by atoms with E-state index in [0.717, 1.165) is 11.8 Å². The number of piperidine rings is 1. The lowest BCUT2D eigenvalue weighted by Gasteiger charge is -2.39. The van der Waals surface area contributed by atoms with E-state index < -0.39 is 17.2 Å². The van der Waals surface area contributed by atoms with Crippen molar-refractivity contribution in [3.8, 4) is 0 Å². The second-order valence-corrected chi connectivity index (χ2v) is 9.01. The van der Waals surface area contributed by atoms with Gasteiger partial charge < -0.3 is 15.5 Å². The summed E-state index contributed by atoms with van der Waals surface area (Å²) < 4.78 is 27.7. The molecule has 2 N–H and O–H groups in total. The van der Waals surface area contributed by atoms with Gasteiger partial charge in [-0.2, -0.15) is 0 Å². The SMILES string of the molecule is O=C1CCC[C@]2(CN(C(=O)c3ccccc3Nc3ccccc3)C[C@H]2c2ccc(F)c(F)c2)N1. The van der Waals surface area contributed by atoms with Crippen LogP contribution in [0.15, 0.2) is 72.8 Å². The van der Waals surface area contributed by atoms with Crippen LogP contribution in [0.3, 0.4) is 0 Å². The maximum atomic E-state index is 14.1. The maximum absolute atomic E-state index is 14.1. The Hall–Kier alpha value is -3.74. The lowest BCUT2D eigenvalue weighted by atomic mass is 9.76. The lowest BCUT2D eigenvalue weighted by molar-refractivity contribution is -0.125. The van der Waals surface area contributed by atoms with Crippen LogP contribution >= 0.6 is 0 Å². The van der Waals surface area contributed by atoms with Gasteiger partial charge in [-0.3, -0.25) is 9.59 Å². The van der Waals surface area contributed by atoms with Crippen molar-refractivity contribution in [1.29, 1.82) is 0 Å². The van der Waals surface area contributed by atoms with E-state index in [1.165, 1.54) is 6.07 Å². The van der Waals surface area contributed by atoms with Gasteiger partial charge in [0.1, 0.15) is 0 Å². The van der Waals surface area contributed by atoms with E-state index >= 15 is 0 Å². The number of hydrogen-bond donors (Lipinski definition) is 2. The molecule has 0 aromatic heterocycles. The molecule has 0 unspecified atom stereocenters. The van der Waals surface area contributed by atoms with Crippen molar-refractivity contribution >= 4 is 23.2 Å². The number of hydrogen-bond acceptors (Lipinski definition) is 3. The van der Waals surface area contributed by atoms with Gasteiger partial charge in [0.2, 0.25) is 5.91 Å². The van der Waals surface area contributed by atoms with Crippen LogP contribution in [0.2, 0.25) is 0 Å². The molecule has 5 rings (SSSR count). The fourth-order valence-corrected chi connectivity index (χ4v) is 5.19. The minimum absolute atomic E-state index is 0.0840. The average Bonchev–Trinajstić information content (AvgIpc) is 3.19. The fourth-order valence-electron chi connectivity index (χ4n) is 5.19. The molecule has 0 aliphatic carbocycles. The first-order chi connectivity index (χ1) is 16.4. The Labute approximate surface area is 196 Å². The molecule has 2 fully saturated rings. The largest absolute Gasteiger partial charge is 0.355 e. The third-order valence-corrected chi connectivity index (χ3v) is 6.80. The number of amides is 2. The molecule has 2 aliphatic rings. The number of para-hydroxylation sites is 2. The molecule has 2 amide bonds. The third-order valence-electron chi connectivity index (χ3n) is 6.80. The number of nitrogens with one attached hydrogen (secondary N) is 2. The van der Waals surface area contributed by atoms with Crippen LogP contribution in [0.5, 0.6) is 0 Å². The highest BCUT2D eigenvalue weighted by Gasteiger charge is 2.51. The molecule has 2 heterocycles. The molecule has 2 atom stereocenters. The van der Waals surface area contributed by atoms with Crippen LogP contribution in [0.1, 0.15) is 41.1 Å². The maximum Gasteiger partial charge on any atom is 0.256 e. The summed E-state index contributed by atoms with van der Waals surface area (Å²) in [5.41, 5.74) is 1.91. The minimum Gasteiger partial charge on any atom is -0.355 e. The average molecular weight is 462 g/mol. The Morgan fingerprint density at radius 1 is 1.00 bits per heavy atom. The summed E-state index contributed by atoms with van der Waals surface area (Å²) in [6, 6.07) is 20.7. The zero-order chi connectivity index (χ0) is 23.7. The van der Waals surface area contributed by atoms with Crippen molar-refractivity contribution in [3.05, 3.63) is 95.6 Å². The van der Waals surface area contributed by atoms with Crippen molar-refractivity contribution < 1.29 is 18.4 Å². The van der Waals surface area contributed by atoms with Gasteiger partial charge in [-0.15, -0.1) is 0 Å². The predicted octanol–water partition coefficient (Wildman–Crippen LogP) is 4.99. The molecule has 3 aromatic carbocycles. The highest BCUT2D eigenvalue weighted by Crippen LogP contribution is 2.42. The van der Waals surface area contributed by atoms with Gasteiger partial charge in [0.15, 0.2) is 11.6 Å². The van der Waals surface area contributed by atoms with E-state index in [4.69, 9.17) is 0 Å². The first-order valence-corrected chi connectivity index (χ1v) is 11.4. The van der Waals surface area contributed by atoms with Crippen LogP contribution in [0.4, 0.5) is 20.2 Å². The molecule has 0 radical (unpaired) electrons. The topological polar surface area (TPSA) is 61.4 Å². The number of carbonyl (C=O) groups excluding carboxylic acids is 2. The molecular weight excluding hydrogens is 436 g/mol. The van der Waals surface area contributed by atoms with Crippen LogP contribution < -0.4 is 10.6 Å². The molecule has 34 heavy (non-hydrogen) atoms. The van der Waals surface area contributed by atoms with Crippen LogP contribution in [0, 0.1) is 11.6 Å².